The molecule has 2 atom stereocenters. The second-order valence-corrected chi connectivity index (χ2v) is 5.75. The molecule has 0 heterocycles. The van der Waals surface area contributed by atoms with Crippen LogP contribution in [0.15, 0.2) is 18.2 Å². The van der Waals surface area contributed by atoms with Gasteiger partial charge in [-0.05, 0) is 42.9 Å². The van der Waals surface area contributed by atoms with Crippen LogP contribution in [0.3, 0.4) is 0 Å². The standard InChI is InChI=1S/C16H24FNO/c1-11(2)18-10-12-5-4-6-14(12)15-8-7-13(19-3)9-16(15)17/h7-9,11-12,14,18H,4-6,10H2,1-3H3. The summed E-state index contributed by atoms with van der Waals surface area (Å²) in [6, 6.07) is 5.75. The predicted molar refractivity (Wildman–Crippen MR) is 76.2 cm³/mol. The Morgan fingerprint density at radius 3 is 2.79 bits per heavy atom. The molecule has 3 heteroatoms. The summed E-state index contributed by atoms with van der Waals surface area (Å²) in [7, 11) is 1.57. The Kier molecular flexibility index (Phi) is 4.81. The maximum absolute atomic E-state index is 14.2. The number of hydrogen-bond donors (Lipinski definition) is 1. The van der Waals surface area contributed by atoms with Gasteiger partial charge in [-0.15, -0.1) is 0 Å². The highest BCUT2D eigenvalue weighted by atomic mass is 19.1. The molecule has 0 bridgehead atoms. The fourth-order valence-electron chi connectivity index (χ4n) is 3.01. The summed E-state index contributed by atoms with van der Waals surface area (Å²) in [5.41, 5.74) is 0.855. The van der Waals surface area contributed by atoms with Gasteiger partial charge >= 0.3 is 0 Å². The van der Waals surface area contributed by atoms with E-state index in [4.69, 9.17) is 4.74 Å². The van der Waals surface area contributed by atoms with Gasteiger partial charge in [0.05, 0.1) is 7.11 Å². The molecular weight excluding hydrogens is 241 g/mol. The molecular formula is C16H24FNO. The van der Waals surface area contributed by atoms with Gasteiger partial charge in [0.25, 0.3) is 0 Å². The van der Waals surface area contributed by atoms with Gasteiger partial charge in [0.2, 0.25) is 0 Å². The maximum atomic E-state index is 14.2. The molecule has 1 saturated carbocycles. The van der Waals surface area contributed by atoms with Crippen LogP contribution in [-0.2, 0) is 0 Å². The number of nitrogens with one attached hydrogen (secondary N) is 1. The van der Waals surface area contributed by atoms with Crippen LogP contribution < -0.4 is 10.1 Å². The van der Waals surface area contributed by atoms with Crippen molar-refractivity contribution in [3.8, 4) is 5.75 Å². The molecule has 0 aromatic heterocycles. The molecule has 2 rings (SSSR count). The van der Waals surface area contributed by atoms with Crippen LogP contribution in [0.1, 0.15) is 44.6 Å². The van der Waals surface area contributed by atoms with Crippen molar-refractivity contribution >= 4 is 0 Å². The highest BCUT2D eigenvalue weighted by Crippen LogP contribution is 2.40. The first-order chi connectivity index (χ1) is 9.11. The molecule has 0 spiro atoms. The van der Waals surface area contributed by atoms with Crippen LogP contribution in [0, 0.1) is 11.7 Å². The highest BCUT2D eigenvalue weighted by molar-refractivity contribution is 5.32. The molecule has 1 aromatic rings. The van der Waals surface area contributed by atoms with Crippen molar-refractivity contribution in [3.05, 3.63) is 29.6 Å². The molecule has 0 aliphatic heterocycles. The molecule has 19 heavy (non-hydrogen) atoms. The molecule has 1 aliphatic carbocycles. The highest BCUT2D eigenvalue weighted by Gasteiger charge is 2.30. The minimum absolute atomic E-state index is 0.124. The SMILES string of the molecule is COc1ccc(C2CCCC2CNC(C)C)c(F)c1. The van der Waals surface area contributed by atoms with E-state index < -0.39 is 0 Å². The summed E-state index contributed by atoms with van der Waals surface area (Å²) in [5, 5.41) is 3.48. The molecule has 2 nitrogen and oxygen atoms in total. The van der Waals surface area contributed by atoms with E-state index in [0.29, 0.717) is 23.6 Å². The van der Waals surface area contributed by atoms with Gasteiger partial charge in [-0.2, -0.15) is 0 Å². The number of rotatable bonds is 5. The van der Waals surface area contributed by atoms with E-state index in [-0.39, 0.29) is 5.82 Å². The average Bonchev–Trinajstić information content (AvgIpc) is 2.84. The Balaban J connectivity index is 2.11. The fraction of sp³-hybridized carbons (Fsp3) is 0.625. The summed E-state index contributed by atoms with van der Waals surface area (Å²) < 4.78 is 19.2. The van der Waals surface area contributed by atoms with Crippen LogP contribution in [0.4, 0.5) is 4.39 Å². The predicted octanol–water partition coefficient (Wildman–Crippen LogP) is 3.72. The van der Waals surface area contributed by atoms with Crippen molar-refractivity contribution in [1.82, 2.24) is 5.32 Å². The fourth-order valence-corrected chi connectivity index (χ4v) is 3.01. The Hall–Kier alpha value is -1.09. The second-order valence-electron chi connectivity index (χ2n) is 5.75. The lowest BCUT2D eigenvalue weighted by Gasteiger charge is -2.22. The van der Waals surface area contributed by atoms with Crippen molar-refractivity contribution in [2.75, 3.05) is 13.7 Å². The monoisotopic (exact) mass is 265 g/mol. The Morgan fingerprint density at radius 1 is 1.37 bits per heavy atom. The molecule has 106 valence electrons. The lowest BCUT2D eigenvalue weighted by atomic mass is 9.88. The topological polar surface area (TPSA) is 21.3 Å². The molecule has 1 aromatic carbocycles. The normalized spacial score (nSPS) is 23.0. The van der Waals surface area contributed by atoms with Gasteiger partial charge in [0.15, 0.2) is 0 Å². The van der Waals surface area contributed by atoms with E-state index in [2.05, 4.69) is 19.2 Å². The van der Waals surface area contributed by atoms with Crippen LogP contribution in [0.2, 0.25) is 0 Å². The first kappa shape index (κ1) is 14.3. The van der Waals surface area contributed by atoms with Crippen molar-refractivity contribution in [3.63, 3.8) is 0 Å². The lowest BCUT2D eigenvalue weighted by molar-refractivity contribution is 0.401. The van der Waals surface area contributed by atoms with Crippen LogP contribution >= 0.6 is 0 Å². The molecule has 1 N–H and O–H groups in total. The third kappa shape index (κ3) is 3.47. The zero-order valence-corrected chi connectivity index (χ0v) is 12.1. The average molecular weight is 265 g/mol. The van der Waals surface area contributed by atoms with Crippen molar-refractivity contribution < 1.29 is 9.13 Å². The first-order valence-corrected chi connectivity index (χ1v) is 7.18. The van der Waals surface area contributed by atoms with E-state index in [1.165, 1.54) is 18.9 Å². The van der Waals surface area contributed by atoms with Gasteiger partial charge < -0.3 is 10.1 Å². The molecule has 1 fully saturated rings. The van der Waals surface area contributed by atoms with Crippen molar-refractivity contribution in [2.45, 2.75) is 45.1 Å². The zero-order valence-electron chi connectivity index (χ0n) is 12.1. The van der Waals surface area contributed by atoms with Crippen molar-refractivity contribution in [1.29, 1.82) is 0 Å². The van der Waals surface area contributed by atoms with Crippen LogP contribution in [0.5, 0.6) is 5.75 Å². The Bertz CT molecular complexity index is 419. The van der Waals surface area contributed by atoms with E-state index in [1.807, 2.05) is 12.1 Å². The van der Waals surface area contributed by atoms with Crippen LogP contribution in [0.25, 0.3) is 0 Å². The largest absolute Gasteiger partial charge is 0.497 e. The summed E-state index contributed by atoms with van der Waals surface area (Å²) in [6.07, 6.45) is 3.48. The van der Waals surface area contributed by atoms with E-state index in [0.717, 1.165) is 18.5 Å². The minimum Gasteiger partial charge on any atom is -0.497 e. The lowest BCUT2D eigenvalue weighted by Crippen LogP contribution is -2.30. The third-order valence-electron chi connectivity index (χ3n) is 4.05. The smallest absolute Gasteiger partial charge is 0.130 e. The van der Waals surface area contributed by atoms with Gasteiger partial charge in [-0.25, -0.2) is 4.39 Å². The van der Waals surface area contributed by atoms with Gasteiger partial charge in [0, 0.05) is 12.1 Å². The third-order valence-corrected chi connectivity index (χ3v) is 4.05. The zero-order chi connectivity index (χ0) is 13.8. The van der Waals surface area contributed by atoms with E-state index in [1.54, 1.807) is 7.11 Å². The van der Waals surface area contributed by atoms with Crippen LogP contribution in [-0.4, -0.2) is 19.7 Å². The maximum Gasteiger partial charge on any atom is 0.130 e. The summed E-state index contributed by atoms with van der Waals surface area (Å²) in [4.78, 5) is 0. The summed E-state index contributed by atoms with van der Waals surface area (Å²) in [6.45, 7) is 5.28. The van der Waals surface area contributed by atoms with E-state index in [9.17, 15) is 4.39 Å². The number of ether oxygens (including phenoxy) is 1. The van der Waals surface area contributed by atoms with Gasteiger partial charge in [-0.1, -0.05) is 26.3 Å². The molecule has 1 aliphatic rings. The number of methoxy groups -OCH3 is 1. The van der Waals surface area contributed by atoms with E-state index >= 15 is 0 Å². The molecule has 0 radical (unpaired) electrons. The summed E-state index contributed by atoms with van der Waals surface area (Å²) in [5.74, 6) is 1.36. The summed E-state index contributed by atoms with van der Waals surface area (Å²) >= 11 is 0. The second kappa shape index (κ2) is 6.38. The quantitative estimate of drug-likeness (QED) is 0.876. The van der Waals surface area contributed by atoms with Gasteiger partial charge in [0.1, 0.15) is 11.6 Å². The molecule has 2 unspecified atom stereocenters. The number of benzene rings is 1. The molecule has 0 amide bonds. The first-order valence-electron chi connectivity index (χ1n) is 7.18. The van der Waals surface area contributed by atoms with Gasteiger partial charge in [-0.3, -0.25) is 0 Å². The molecule has 0 saturated heterocycles. The minimum atomic E-state index is -0.124. The Labute approximate surface area is 115 Å². The Morgan fingerprint density at radius 2 is 2.16 bits per heavy atom. The number of halogens is 1. The van der Waals surface area contributed by atoms with Crippen molar-refractivity contribution in [2.24, 2.45) is 5.92 Å². The number of hydrogen-bond acceptors (Lipinski definition) is 2.